The molecular weight excluding hydrogens is 277 g/mol. The summed E-state index contributed by atoms with van der Waals surface area (Å²) in [5.74, 6) is 0.726. The standard InChI is InChI=1S/C13H16Cl3N/c1-17(7-9-5-10(14)6-9)8-11-12(15)3-2-4-13(11)16/h2-4,9-10H,5-8H2,1H3. The molecule has 0 aliphatic heterocycles. The fourth-order valence-corrected chi connectivity index (χ4v) is 3.28. The Morgan fingerprint density at radius 3 is 2.35 bits per heavy atom. The summed E-state index contributed by atoms with van der Waals surface area (Å²) < 4.78 is 0. The average molecular weight is 293 g/mol. The van der Waals surface area contributed by atoms with Crippen LogP contribution >= 0.6 is 34.8 Å². The second-order valence-corrected chi connectivity index (χ2v) is 6.26. The van der Waals surface area contributed by atoms with E-state index in [0.29, 0.717) is 5.38 Å². The van der Waals surface area contributed by atoms with Crippen LogP contribution in [0.15, 0.2) is 18.2 Å². The van der Waals surface area contributed by atoms with Gasteiger partial charge in [0, 0.05) is 34.1 Å². The van der Waals surface area contributed by atoms with Crippen molar-refractivity contribution in [2.24, 2.45) is 5.92 Å². The Morgan fingerprint density at radius 2 is 1.82 bits per heavy atom. The van der Waals surface area contributed by atoms with Gasteiger partial charge >= 0.3 is 0 Å². The number of rotatable bonds is 4. The van der Waals surface area contributed by atoms with Crippen LogP contribution in [0.4, 0.5) is 0 Å². The van der Waals surface area contributed by atoms with Crippen LogP contribution in [0.2, 0.25) is 10.0 Å². The number of alkyl halides is 1. The van der Waals surface area contributed by atoms with Crippen molar-refractivity contribution in [3.8, 4) is 0 Å². The molecule has 0 radical (unpaired) electrons. The highest BCUT2D eigenvalue weighted by Crippen LogP contribution is 2.33. The highest BCUT2D eigenvalue weighted by atomic mass is 35.5. The third kappa shape index (κ3) is 3.51. The molecule has 94 valence electrons. The summed E-state index contributed by atoms with van der Waals surface area (Å²) in [6.07, 6.45) is 2.25. The molecule has 1 saturated carbocycles. The van der Waals surface area contributed by atoms with E-state index in [1.165, 1.54) is 0 Å². The van der Waals surface area contributed by atoms with Gasteiger partial charge in [0.25, 0.3) is 0 Å². The lowest BCUT2D eigenvalue weighted by Gasteiger charge is -2.34. The topological polar surface area (TPSA) is 3.24 Å². The van der Waals surface area contributed by atoms with Gasteiger partial charge in [-0.25, -0.2) is 0 Å². The molecule has 17 heavy (non-hydrogen) atoms. The molecule has 1 aliphatic carbocycles. The maximum absolute atomic E-state index is 6.15. The zero-order valence-corrected chi connectivity index (χ0v) is 12.1. The number of hydrogen-bond acceptors (Lipinski definition) is 1. The van der Waals surface area contributed by atoms with E-state index in [2.05, 4.69) is 11.9 Å². The Morgan fingerprint density at radius 1 is 1.24 bits per heavy atom. The van der Waals surface area contributed by atoms with Gasteiger partial charge in [-0.05, 0) is 37.9 Å². The number of hydrogen-bond donors (Lipinski definition) is 0. The fraction of sp³-hybridized carbons (Fsp3) is 0.538. The van der Waals surface area contributed by atoms with E-state index in [0.717, 1.165) is 47.5 Å². The lowest BCUT2D eigenvalue weighted by atomic mass is 9.84. The minimum Gasteiger partial charge on any atom is -0.302 e. The van der Waals surface area contributed by atoms with Gasteiger partial charge in [-0.1, -0.05) is 29.3 Å². The van der Waals surface area contributed by atoms with Gasteiger partial charge < -0.3 is 4.90 Å². The highest BCUT2D eigenvalue weighted by molar-refractivity contribution is 6.35. The van der Waals surface area contributed by atoms with E-state index in [4.69, 9.17) is 34.8 Å². The predicted molar refractivity (Wildman–Crippen MR) is 75.2 cm³/mol. The van der Waals surface area contributed by atoms with Gasteiger partial charge in [-0.2, -0.15) is 0 Å². The monoisotopic (exact) mass is 291 g/mol. The lowest BCUT2D eigenvalue weighted by molar-refractivity contribution is 0.204. The summed E-state index contributed by atoms with van der Waals surface area (Å²) in [6, 6.07) is 5.64. The van der Waals surface area contributed by atoms with Crippen molar-refractivity contribution in [1.82, 2.24) is 4.90 Å². The molecule has 0 saturated heterocycles. The molecule has 1 fully saturated rings. The van der Waals surface area contributed by atoms with Crippen LogP contribution in [-0.2, 0) is 6.54 Å². The van der Waals surface area contributed by atoms with Crippen LogP contribution in [0.5, 0.6) is 0 Å². The van der Waals surface area contributed by atoms with Crippen LogP contribution in [0, 0.1) is 5.92 Å². The molecular formula is C13H16Cl3N. The van der Waals surface area contributed by atoms with E-state index in [1.807, 2.05) is 18.2 Å². The Bertz CT molecular complexity index is 368. The van der Waals surface area contributed by atoms with Gasteiger partial charge in [0.1, 0.15) is 0 Å². The van der Waals surface area contributed by atoms with Crippen molar-refractivity contribution in [3.05, 3.63) is 33.8 Å². The van der Waals surface area contributed by atoms with Crippen molar-refractivity contribution in [1.29, 1.82) is 0 Å². The molecule has 1 nitrogen and oxygen atoms in total. The summed E-state index contributed by atoms with van der Waals surface area (Å²) in [4.78, 5) is 2.26. The highest BCUT2D eigenvalue weighted by Gasteiger charge is 2.28. The van der Waals surface area contributed by atoms with Crippen molar-refractivity contribution in [2.45, 2.75) is 24.8 Å². The van der Waals surface area contributed by atoms with Crippen molar-refractivity contribution in [3.63, 3.8) is 0 Å². The zero-order valence-electron chi connectivity index (χ0n) is 9.80. The minimum absolute atomic E-state index is 0.386. The van der Waals surface area contributed by atoms with Gasteiger partial charge in [0.2, 0.25) is 0 Å². The van der Waals surface area contributed by atoms with Crippen LogP contribution < -0.4 is 0 Å². The molecule has 0 N–H and O–H groups in total. The first-order valence-corrected chi connectivity index (χ1v) is 7.01. The summed E-state index contributed by atoms with van der Waals surface area (Å²) in [6.45, 7) is 1.85. The lowest BCUT2D eigenvalue weighted by Crippen LogP contribution is -2.34. The second-order valence-electron chi connectivity index (χ2n) is 4.83. The van der Waals surface area contributed by atoms with E-state index in [-0.39, 0.29) is 0 Å². The quantitative estimate of drug-likeness (QED) is 0.742. The van der Waals surface area contributed by atoms with E-state index < -0.39 is 0 Å². The molecule has 0 spiro atoms. The van der Waals surface area contributed by atoms with Crippen LogP contribution in [0.3, 0.4) is 0 Å². The van der Waals surface area contributed by atoms with Crippen LogP contribution in [-0.4, -0.2) is 23.9 Å². The maximum atomic E-state index is 6.15. The third-order valence-electron chi connectivity index (χ3n) is 3.24. The van der Waals surface area contributed by atoms with Crippen molar-refractivity contribution < 1.29 is 0 Å². The maximum Gasteiger partial charge on any atom is 0.0465 e. The minimum atomic E-state index is 0.386. The molecule has 2 rings (SSSR count). The van der Waals surface area contributed by atoms with Crippen LogP contribution in [0.25, 0.3) is 0 Å². The average Bonchev–Trinajstić information content (AvgIpc) is 2.21. The van der Waals surface area contributed by atoms with Gasteiger partial charge in [-0.3, -0.25) is 0 Å². The molecule has 0 heterocycles. The van der Waals surface area contributed by atoms with Gasteiger partial charge in [-0.15, -0.1) is 11.6 Å². The molecule has 4 heteroatoms. The normalized spacial score (nSPS) is 23.8. The Labute approximate surface area is 118 Å². The summed E-state index contributed by atoms with van der Waals surface area (Å²) in [5, 5.41) is 1.87. The smallest absolute Gasteiger partial charge is 0.0465 e. The molecule has 0 atom stereocenters. The van der Waals surface area contributed by atoms with Crippen molar-refractivity contribution in [2.75, 3.05) is 13.6 Å². The summed E-state index contributed by atoms with van der Waals surface area (Å²) in [7, 11) is 2.10. The molecule has 0 aromatic heterocycles. The summed E-state index contributed by atoms with van der Waals surface area (Å²) >= 11 is 18.3. The van der Waals surface area contributed by atoms with E-state index in [9.17, 15) is 0 Å². The number of nitrogens with zero attached hydrogens (tertiary/aromatic N) is 1. The zero-order chi connectivity index (χ0) is 12.4. The first-order chi connectivity index (χ1) is 8.06. The molecule has 1 aromatic rings. The molecule has 0 bridgehead atoms. The predicted octanol–water partition coefficient (Wildman–Crippen LogP) is 4.44. The van der Waals surface area contributed by atoms with Gasteiger partial charge in [0.15, 0.2) is 0 Å². The Balaban J connectivity index is 1.91. The first kappa shape index (κ1) is 13.5. The number of benzene rings is 1. The van der Waals surface area contributed by atoms with Gasteiger partial charge in [0.05, 0.1) is 0 Å². The largest absolute Gasteiger partial charge is 0.302 e. The second kappa shape index (κ2) is 5.79. The Hall–Kier alpha value is 0.0500. The molecule has 0 unspecified atom stereocenters. The third-order valence-corrected chi connectivity index (χ3v) is 4.30. The molecule has 1 aromatic carbocycles. The van der Waals surface area contributed by atoms with Crippen LogP contribution in [0.1, 0.15) is 18.4 Å². The fourth-order valence-electron chi connectivity index (χ4n) is 2.26. The summed E-state index contributed by atoms with van der Waals surface area (Å²) in [5.41, 5.74) is 1.01. The SMILES string of the molecule is CN(Cc1c(Cl)cccc1Cl)CC1CC(Cl)C1. The number of halogens is 3. The molecule has 1 aliphatic rings. The molecule has 0 amide bonds. The van der Waals surface area contributed by atoms with Crippen molar-refractivity contribution >= 4 is 34.8 Å². The Kier molecular flexibility index (Phi) is 4.59. The first-order valence-electron chi connectivity index (χ1n) is 5.81. The van der Waals surface area contributed by atoms with E-state index in [1.54, 1.807) is 0 Å². The van der Waals surface area contributed by atoms with E-state index >= 15 is 0 Å².